The minimum atomic E-state index is -0.0680. The van der Waals surface area contributed by atoms with Gasteiger partial charge >= 0.3 is 0 Å². The molecule has 11 heteroatoms. The molecular weight excluding hydrogens is 446 g/mol. The van der Waals surface area contributed by atoms with Gasteiger partial charge in [-0.15, -0.1) is 0 Å². The summed E-state index contributed by atoms with van der Waals surface area (Å²) in [6, 6.07) is 0.453. The summed E-state index contributed by atoms with van der Waals surface area (Å²) < 4.78 is 19.7. The number of rotatable bonds is 4. The van der Waals surface area contributed by atoms with E-state index >= 15 is 0 Å². The molecule has 2 aromatic rings. The highest BCUT2D eigenvalue weighted by molar-refractivity contribution is 6.28. The Morgan fingerprint density at radius 3 is 2.64 bits per heavy atom. The molecule has 0 N–H and O–H groups in total. The van der Waals surface area contributed by atoms with E-state index in [-0.39, 0.29) is 11.5 Å². The van der Waals surface area contributed by atoms with E-state index < -0.39 is 0 Å². The fourth-order valence-electron chi connectivity index (χ4n) is 5.47. The maximum atomic E-state index is 6.44. The average Bonchev–Trinajstić information content (AvgIpc) is 3.22. The van der Waals surface area contributed by atoms with Crippen LogP contribution in [0.25, 0.3) is 11.2 Å². The lowest BCUT2D eigenvalue weighted by molar-refractivity contribution is -0.0498. The predicted molar refractivity (Wildman–Crippen MR) is 124 cm³/mol. The van der Waals surface area contributed by atoms with Gasteiger partial charge in [-0.3, -0.25) is 14.4 Å². The summed E-state index contributed by atoms with van der Waals surface area (Å²) in [7, 11) is 0. The Labute approximate surface area is 198 Å². The first-order valence-corrected chi connectivity index (χ1v) is 12.6. The van der Waals surface area contributed by atoms with Crippen LogP contribution in [-0.2, 0) is 20.8 Å². The zero-order valence-corrected chi connectivity index (χ0v) is 19.8. The number of nitrogens with zero attached hydrogens (tertiary/aromatic N) is 7. The standard InChI is InChI=1S/C22H32ClN7O3/c23-22-25-20(29-7-10-31-11-8-29)19-21(26-22)30(18-3-1-2-9-33-18)17(24-19)14-27-4-5-28-6-12-32-15-16(28)13-27/h16,18H,1-15H2. The molecule has 33 heavy (non-hydrogen) atoms. The molecule has 10 nitrogen and oxygen atoms in total. The number of imidazole rings is 1. The van der Waals surface area contributed by atoms with Crippen molar-refractivity contribution in [1.82, 2.24) is 29.3 Å². The highest BCUT2D eigenvalue weighted by Crippen LogP contribution is 2.33. The van der Waals surface area contributed by atoms with E-state index in [1.54, 1.807) is 0 Å². The van der Waals surface area contributed by atoms with Crippen molar-refractivity contribution in [3.05, 3.63) is 11.1 Å². The van der Waals surface area contributed by atoms with E-state index in [0.717, 1.165) is 108 Å². The molecule has 0 spiro atoms. The monoisotopic (exact) mass is 477 g/mol. The minimum Gasteiger partial charge on any atom is -0.378 e. The lowest BCUT2D eigenvalue weighted by atomic mass is 10.1. The van der Waals surface area contributed by atoms with Gasteiger partial charge in [0.05, 0.1) is 33.0 Å². The minimum absolute atomic E-state index is 0.0680. The zero-order chi connectivity index (χ0) is 22.2. The summed E-state index contributed by atoms with van der Waals surface area (Å²) in [6.45, 7) is 10.2. The van der Waals surface area contributed by atoms with Crippen molar-refractivity contribution in [3.8, 4) is 0 Å². The number of hydrogen-bond donors (Lipinski definition) is 0. The van der Waals surface area contributed by atoms with Gasteiger partial charge in [-0.1, -0.05) is 0 Å². The van der Waals surface area contributed by atoms with Gasteiger partial charge in [0, 0.05) is 51.9 Å². The van der Waals surface area contributed by atoms with Gasteiger partial charge in [-0.2, -0.15) is 9.97 Å². The zero-order valence-electron chi connectivity index (χ0n) is 19.0. The van der Waals surface area contributed by atoms with Crippen LogP contribution in [0.5, 0.6) is 0 Å². The molecule has 0 radical (unpaired) electrons. The molecule has 0 saturated carbocycles. The van der Waals surface area contributed by atoms with Crippen LogP contribution in [0.15, 0.2) is 0 Å². The van der Waals surface area contributed by atoms with Crippen LogP contribution in [-0.4, -0.2) is 108 Å². The van der Waals surface area contributed by atoms with Crippen molar-refractivity contribution in [1.29, 1.82) is 0 Å². The molecule has 2 atom stereocenters. The molecule has 6 rings (SSSR count). The fraction of sp³-hybridized carbons (Fsp3) is 0.773. The van der Waals surface area contributed by atoms with Gasteiger partial charge in [0.2, 0.25) is 5.28 Å². The summed E-state index contributed by atoms with van der Waals surface area (Å²) in [5.41, 5.74) is 1.59. The van der Waals surface area contributed by atoms with Crippen LogP contribution in [0.1, 0.15) is 31.3 Å². The molecule has 0 aromatic carbocycles. The Bertz CT molecular complexity index is 977. The first-order chi connectivity index (χ1) is 16.3. The Morgan fingerprint density at radius 1 is 0.909 bits per heavy atom. The Hall–Kier alpha value is -1.56. The molecule has 6 heterocycles. The Balaban J connectivity index is 1.36. The van der Waals surface area contributed by atoms with Gasteiger partial charge in [0.25, 0.3) is 0 Å². The number of halogens is 1. The van der Waals surface area contributed by atoms with Gasteiger partial charge in [-0.25, -0.2) is 4.98 Å². The number of hydrogen-bond acceptors (Lipinski definition) is 9. The fourth-order valence-corrected chi connectivity index (χ4v) is 5.63. The normalized spacial score (nSPS) is 27.7. The summed E-state index contributed by atoms with van der Waals surface area (Å²) in [5, 5.41) is 0.250. The number of anilines is 1. The first kappa shape index (κ1) is 21.9. The topological polar surface area (TPSA) is 81.0 Å². The van der Waals surface area contributed by atoms with Crippen LogP contribution in [0.3, 0.4) is 0 Å². The lowest BCUT2D eigenvalue weighted by Gasteiger charge is -2.43. The third kappa shape index (κ3) is 4.44. The van der Waals surface area contributed by atoms with Gasteiger partial charge in [0.1, 0.15) is 12.1 Å². The van der Waals surface area contributed by atoms with Gasteiger partial charge in [-0.05, 0) is 30.9 Å². The number of morpholine rings is 2. The maximum Gasteiger partial charge on any atom is 0.226 e. The number of piperazine rings is 1. The van der Waals surface area contributed by atoms with Crippen LogP contribution in [0.2, 0.25) is 5.28 Å². The highest BCUT2D eigenvalue weighted by atomic mass is 35.5. The van der Waals surface area contributed by atoms with Crippen molar-refractivity contribution >= 4 is 28.6 Å². The van der Waals surface area contributed by atoms with E-state index in [1.165, 1.54) is 0 Å². The van der Waals surface area contributed by atoms with E-state index in [2.05, 4.69) is 29.2 Å². The van der Waals surface area contributed by atoms with Crippen LogP contribution >= 0.6 is 11.6 Å². The Kier molecular flexibility index (Phi) is 6.38. The van der Waals surface area contributed by atoms with Gasteiger partial charge < -0.3 is 19.1 Å². The van der Waals surface area contributed by atoms with Crippen LogP contribution in [0, 0.1) is 0 Å². The Morgan fingerprint density at radius 2 is 1.79 bits per heavy atom. The summed E-state index contributed by atoms with van der Waals surface area (Å²) >= 11 is 6.44. The maximum absolute atomic E-state index is 6.44. The number of ether oxygens (including phenoxy) is 3. The van der Waals surface area contributed by atoms with Gasteiger partial charge in [0.15, 0.2) is 17.0 Å². The van der Waals surface area contributed by atoms with Crippen molar-refractivity contribution in [2.24, 2.45) is 0 Å². The van der Waals surface area contributed by atoms with Crippen molar-refractivity contribution in [2.45, 2.75) is 38.1 Å². The number of aromatic nitrogens is 4. The second-order valence-electron chi connectivity index (χ2n) is 9.31. The smallest absolute Gasteiger partial charge is 0.226 e. The molecule has 0 bridgehead atoms. The molecule has 4 saturated heterocycles. The largest absolute Gasteiger partial charge is 0.378 e. The SMILES string of the molecule is Clc1nc(N2CCOCC2)c2nc(CN3CCN4CCOCC4C3)n(C3CCCCO3)c2n1. The highest BCUT2D eigenvalue weighted by Gasteiger charge is 2.32. The third-order valence-corrected chi connectivity index (χ3v) is 7.38. The van der Waals surface area contributed by atoms with Crippen molar-refractivity contribution < 1.29 is 14.2 Å². The predicted octanol–water partition coefficient (Wildman–Crippen LogP) is 1.53. The average molecular weight is 478 g/mol. The molecule has 180 valence electrons. The van der Waals surface area contributed by atoms with E-state index in [4.69, 9.17) is 30.8 Å². The molecule has 4 aliphatic rings. The lowest BCUT2D eigenvalue weighted by Crippen LogP contribution is -2.57. The second kappa shape index (κ2) is 9.59. The molecule has 4 aliphatic heterocycles. The summed E-state index contributed by atoms with van der Waals surface area (Å²) in [4.78, 5) is 21.6. The molecule has 2 aromatic heterocycles. The van der Waals surface area contributed by atoms with E-state index in [0.29, 0.717) is 19.3 Å². The number of fused-ring (bicyclic) bond motifs is 2. The molecule has 0 amide bonds. The van der Waals surface area contributed by atoms with Crippen molar-refractivity contribution in [2.75, 3.05) is 77.2 Å². The van der Waals surface area contributed by atoms with Crippen LogP contribution < -0.4 is 4.90 Å². The molecule has 2 unspecified atom stereocenters. The molecular formula is C22H32ClN7O3. The second-order valence-corrected chi connectivity index (χ2v) is 9.65. The molecule has 0 aliphatic carbocycles. The quantitative estimate of drug-likeness (QED) is 0.609. The first-order valence-electron chi connectivity index (χ1n) is 12.2. The molecule has 4 fully saturated rings. The van der Waals surface area contributed by atoms with E-state index in [1.807, 2.05) is 0 Å². The van der Waals surface area contributed by atoms with E-state index in [9.17, 15) is 0 Å². The van der Waals surface area contributed by atoms with Crippen molar-refractivity contribution in [3.63, 3.8) is 0 Å². The summed E-state index contributed by atoms with van der Waals surface area (Å²) in [5.74, 6) is 1.78. The van der Waals surface area contributed by atoms with Crippen LogP contribution in [0.4, 0.5) is 5.82 Å². The summed E-state index contributed by atoms with van der Waals surface area (Å²) in [6.07, 6.45) is 3.12. The third-order valence-electron chi connectivity index (χ3n) is 7.21.